The summed E-state index contributed by atoms with van der Waals surface area (Å²) < 4.78 is 1.03. The van der Waals surface area contributed by atoms with Crippen molar-refractivity contribution in [2.24, 2.45) is 0 Å². The Morgan fingerprint density at radius 3 is 2.80 bits per heavy atom. The minimum absolute atomic E-state index is 0.459. The predicted octanol–water partition coefficient (Wildman–Crippen LogP) is 3.73. The molecule has 0 saturated heterocycles. The average Bonchev–Trinajstić information content (AvgIpc) is 2.61. The molecule has 1 N–H and O–H groups in total. The number of hydrogen-bond donors (Lipinski definition) is 1. The number of hydrogen-bond acceptors (Lipinski definition) is 1. The molecule has 2 nitrogen and oxygen atoms in total. The lowest BCUT2D eigenvalue weighted by Crippen LogP contribution is -2.12. The molecule has 0 unspecified atom stereocenters. The monoisotopic (exact) mass is 262 g/mol. The number of aromatic nitrogens is 1. The summed E-state index contributed by atoms with van der Waals surface area (Å²) in [4.78, 5) is 3.18. The van der Waals surface area contributed by atoms with Crippen LogP contribution in [0.1, 0.15) is 19.4 Å². The first-order chi connectivity index (χ1) is 7.04. The molecule has 0 aliphatic rings. The van der Waals surface area contributed by atoms with Crippen molar-refractivity contribution >= 4 is 26.8 Å². The number of halogens is 1. The molecule has 2 rings (SSSR count). The summed E-state index contributed by atoms with van der Waals surface area (Å²) in [6, 6.07) is 8.36. The molecule has 0 aliphatic carbocycles. The molecule has 0 radical (unpaired) electrons. The van der Waals surface area contributed by atoms with E-state index in [4.69, 9.17) is 5.26 Å². The highest BCUT2D eigenvalue weighted by Gasteiger charge is 2.23. The van der Waals surface area contributed by atoms with Gasteiger partial charge in [0.2, 0.25) is 0 Å². The molecule has 76 valence electrons. The maximum atomic E-state index is 9.12. The Bertz CT molecular complexity index is 546. The summed E-state index contributed by atoms with van der Waals surface area (Å²) in [5.74, 6) is 0. The molecule has 0 atom stereocenters. The van der Waals surface area contributed by atoms with Crippen molar-refractivity contribution in [1.82, 2.24) is 4.98 Å². The Morgan fingerprint density at radius 2 is 2.13 bits per heavy atom. The minimum atomic E-state index is -0.459. The fraction of sp³-hybridized carbons (Fsp3) is 0.250. The molecular formula is C12H11BrN2. The third kappa shape index (κ3) is 1.66. The average molecular weight is 263 g/mol. The minimum Gasteiger partial charge on any atom is -0.361 e. The quantitative estimate of drug-likeness (QED) is 0.836. The van der Waals surface area contributed by atoms with E-state index in [9.17, 15) is 0 Å². The van der Waals surface area contributed by atoms with Gasteiger partial charge in [0.05, 0.1) is 11.5 Å². The highest BCUT2D eigenvalue weighted by molar-refractivity contribution is 9.10. The molecule has 0 amide bonds. The standard InChI is InChI=1S/C12H11BrN2/c1-12(2,7-14)10-6-15-11-4-3-8(13)5-9(10)11/h3-6,15H,1-2H3. The van der Waals surface area contributed by atoms with Gasteiger partial charge in [0.1, 0.15) is 0 Å². The second kappa shape index (κ2) is 3.39. The smallest absolute Gasteiger partial charge is 0.0786 e. The van der Waals surface area contributed by atoms with Crippen LogP contribution in [0.25, 0.3) is 10.9 Å². The zero-order chi connectivity index (χ0) is 11.1. The van der Waals surface area contributed by atoms with Crippen molar-refractivity contribution in [3.63, 3.8) is 0 Å². The van der Waals surface area contributed by atoms with Crippen molar-refractivity contribution < 1.29 is 0 Å². The SMILES string of the molecule is CC(C)(C#N)c1c[nH]c2ccc(Br)cc12. The first-order valence-corrected chi connectivity index (χ1v) is 5.52. The van der Waals surface area contributed by atoms with Gasteiger partial charge in [-0.1, -0.05) is 15.9 Å². The summed E-state index contributed by atoms with van der Waals surface area (Å²) >= 11 is 3.44. The normalized spacial score (nSPS) is 11.6. The van der Waals surface area contributed by atoms with E-state index < -0.39 is 5.41 Å². The van der Waals surface area contributed by atoms with Gasteiger partial charge in [-0.2, -0.15) is 5.26 Å². The summed E-state index contributed by atoms with van der Waals surface area (Å²) in [5, 5.41) is 10.2. The van der Waals surface area contributed by atoms with E-state index in [-0.39, 0.29) is 0 Å². The molecule has 1 heterocycles. The van der Waals surface area contributed by atoms with E-state index in [1.165, 1.54) is 0 Å². The zero-order valence-corrected chi connectivity index (χ0v) is 10.2. The lowest BCUT2D eigenvalue weighted by atomic mass is 9.86. The Kier molecular flexibility index (Phi) is 2.32. The third-order valence-corrected chi connectivity index (χ3v) is 3.09. The van der Waals surface area contributed by atoms with Gasteiger partial charge in [-0.15, -0.1) is 0 Å². The predicted molar refractivity (Wildman–Crippen MR) is 64.6 cm³/mol. The van der Waals surface area contributed by atoms with Crippen LogP contribution in [-0.2, 0) is 5.41 Å². The largest absolute Gasteiger partial charge is 0.361 e. The van der Waals surface area contributed by atoms with E-state index in [0.717, 1.165) is 20.9 Å². The van der Waals surface area contributed by atoms with Crippen LogP contribution in [0.4, 0.5) is 0 Å². The fourth-order valence-corrected chi connectivity index (χ4v) is 2.03. The first-order valence-electron chi connectivity index (χ1n) is 4.73. The number of benzene rings is 1. The van der Waals surface area contributed by atoms with Gasteiger partial charge in [-0.25, -0.2) is 0 Å². The first kappa shape index (κ1) is 10.3. The van der Waals surface area contributed by atoms with Crippen molar-refractivity contribution in [3.8, 4) is 6.07 Å². The molecule has 0 aliphatic heterocycles. The van der Waals surface area contributed by atoms with Crippen LogP contribution in [0.3, 0.4) is 0 Å². The molecule has 3 heteroatoms. The fourth-order valence-electron chi connectivity index (χ4n) is 1.67. The van der Waals surface area contributed by atoms with Gasteiger partial charge in [0, 0.05) is 21.6 Å². The van der Waals surface area contributed by atoms with Crippen LogP contribution in [0.5, 0.6) is 0 Å². The highest BCUT2D eigenvalue weighted by atomic mass is 79.9. The van der Waals surface area contributed by atoms with Crippen molar-refractivity contribution in [2.75, 3.05) is 0 Å². The second-order valence-electron chi connectivity index (χ2n) is 4.13. The Labute approximate surface area is 97.0 Å². The third-order valence-electron chi connectivity index (χ3n) is 2.60. The Morgan fingerprint density at radius 1 is 1.40 bits per heavy atom. The van der Waals surface area contributed by atoms with Crippen LogP contribution in [0.15, 0.2) is 28.9 Å². The molecule has 15 heavy (non-hydrogen) atoms. The lowest BCUT2D eigenvalue weighted by molar-refractivity contribution is 0.693. The number of nitrogens with zero attached hydrogens (tertiary/aromatic N) is 1. The molecule has 0 fully saturated rings. The number of H-pyrrole nitrogens is 1. The van der Waals surface area contributed by atoms with E-state index >= 15 is 0 Å². The van der Waals surface area contributed by atoms with Crippen LogP contribution >= 0.6 is 15.9 Å². The van der Waals surface area contributed by atoms with Crippen molar-refractivity contribution in [2.45, 2.75) is 19.3 Å². The van der Waals surface area contributed by atoms with Crippen molar-refractivity contribution in [3.05, 3.63) is 34.4 Å². The number of fused-ring (bicyclic) bond motifs is 1. The maximum Gasteiger partial charge on any atom is 0.0786 e. The summed E-state index contributed by atoms with van der Waals surface area (Å²) in [7, 11) is 0. The van der Waals surface area contributed by atoms with E-state index in [0.29, 0.717) is 0 Å². The van der Waals surface area contributed by atoms with Crippen LogP contribution < -0.4 is 0 Å². The van der Waals surface area contributed by atoms with Gasteiger partial charge >= 0.3 is 0 Å². The van der Waals surface area contributed by atoms with Crippen molar-refractivity contribution in [1.29, 1.82) is 5.26 Å². The number of nitriles is 1. The lowest BCUT2D eigenvalue weighted by Gasteiger charge is -2.13. The second-order valence-corrected chi connectivity index (χ2v) is 5.04. The number of aromatic amines is 1. The van der Waals surface area contributed by atoms with Gasteiger partial charge < -0.3 is 4.98 Å². The maximum absolute atomic E-state index is 9.12. The summed E-state index contributed by atoms with van der Waals surface area (Å²) in [5.41, 5.74) is 1.65. The zero-order valence-electron chi connectivity index (χ0n) is 8.63. The van der Waals surface area contributed by atoms with Crippen LogP contribution in [0, 0.1) is 11.3 Å². The van der Waals surface area contributed by atoms with E-state index in [2.05, 4.69) is 27.0 Å². The molecule has 0 spiro atoms. The summed E-state index contributed by atoms with van der Waals surface area (Å²) in [6.07, 6.45) is 1.92. The Hall–Kier alpha value is -1.27. The van der Waals surface area contributed by atoms with E-state index in [1.807, 2.05) is 38.2 Å². The molecule has 0 saturated carbocycles. The molecule has 0 bridgehead atoms. The number of rotatable bonds is 1. The summed E-state index contributed by atoms with van der Waals surface area (Å²) in [6.45, 7) is 3.85. The van der Waals surface area contributed by atoms with Gasteiger partial charge in [-0.3, -0.25) is 0 Å². The molecule has 1 aromatic heterocycles. The van der Waals surface area contributed by atoms with Crippen LogP contribution in [-0.4, -0.2) is 4.98 Å². The van der Waals surface area contributed by atoms with Crippen LogP contribution in [0.2, 0.25) is 0 Å². The van der Waals surface area contributed by atoms with Gasteiger partial charge in [-0.05, 0) is 37.6 Å². The van der Waals surface area contributed by atoms with Gasteiger partial charge in [0.15, 0.2) is 0 Å². The van der Waals surface area contributed by atoms with E-state index in [1.54, 1.807) is 0 Å². The molecule has 2 aromatic rings. The Balaban J connectivity index is 2.74. The topological polar surface area (TPSA) is 39.6 Å². The molecular weight excluding hydrogens is 252 g/mol. The molecule has 1 aromatic carbocycles. The highest BCUT2D eigenvalue weighted by Crippen LogP contribution is 2.31. The number of nitrogens with one attached hydrogen (secondary N) is 1. The van der Waals surface area contributed by atoms with Gasteiger partial charge in [0.25, 0.3) is 0 Å².